The number of benzene rings is 1. The van der Waals surface area contributed by atoms with E-state index in [4.69, 9.17) is 0 Å². The molecule has 0 saturated heterocycles. The van der Waals surface area contributed by atoms with Crippen molar-refractivity contribution >= 4 is 29.2 Å². The van der Waals surface area contributed by atoms with E-state index in [1.807, 2.05) is 28.9 Å². The van der Waals surface area contributed by atoms with E-state index in [2.05, 4.69) is 20.7 Å². The number of hydrogen-bond acceptors (Lipinski definition) is 5. The van der Waals surface area contributed by atoms with E-state index in [-0.39, 0.29) is 23.9 Å². The van der Waals surface area contributed by atoms with E-state index < -0.39 is 0 Å². The van der Waals surface area contributed by atoms with Gasteiger partial charge in [0.15, 0.2) is 0 Å². The van der Waals surface area contributed by atoms with Crippen molar-refractivity contribution in [1.29, 1.82) is 0 Å². The van der Waals surface area contributed by atoms with E-state index in [1.54, 1.807) is 17.0 Å². The zero-order valence-electron chi connectivity index (χ0n) is 16.1. The maximum Gasteiger partial charge on any atom is 0.261 e. The fraction of sp³-hybridized carbons (Fsp3) is 0.400. The Hall–Kier alpha value is -2.71. The number of halogens is 1. The van der Waals surface area contributed by atoms with Crippen LogP contribution in [0.25, 0.3) is 10.9 Å². The van der Waals surface area contributed by atoms with Crippen LogP contribution in [0.15, 0.2) is 41.5 Å². The highest BCUT2D eigenvalue weighted by Crippen LogP contribution is 2.09. The highest BCUT2D eigenvalue weighted by Gasteiger charge is 2.11. The Bertz CT molecular complexity index is 1020. The SMILES string of the molecule is Cl.O=C(CCCn1cnc2ccccc2c1=O)NCc1cc2n(n1)CCCNC2. The molecule has 8 nitrogen and oxygen atoms in total. The zero-order valence-corrected chi connectivity index (χ0v) is 17.0. The van der Waals surface area contributed by atoms with Gasteiger partial charge in [-0.05, 0) is 37.6 Å². The number of para-hydroxylation sites is 1. The molecule has 154 valence electrons. The van der Waals surface area contributed by atoms with Gasteiger partial charge < -0.3 is 10.6 Å². The van der Waals surface area contributed by atoms with E-state index in [1.165, 1.54) is 0 Å². The summed E-state index contributed by atoms with van der Waals surface area (Å²) in [5, 5.41) is 11.4. The van der Waals surface area contributed by atoms with Crippen molar-refractivity contribution in [3.63, 3.8) is 0 Å². The number of nitrogens with one attached hydrogen (secondary N) is 2. The molecule has 1 aliphatic rings. The number of fused-ring (bicyclic) bond motifs is 2. The third kappa shape index (κ3) is 5.02. The van der Waals surface area contributed by atoms with Gasteiger partial charge in [0.05, 0.1) is 35.2 Å². The van der Waals surface area contributed by atoms with Crippen LogP contribution in [0.5, 0.6) is 0 Å². The molecule has 2 aromatic heterocycles. The lowest BCUT2D eigenvalue weighted by molar-refractivity contribution is -0.121. The molecule has 4 rings (SSSR count). The minimum atomic E-state index is -0.0703. The summed E-state index contributed by atoms with van der Waals surface area (Å²) in [6, 6.07) is 9.32. The maximum atomic E-state index is 12.4. The third-order valence-electron chi connectivity index (χ3n) is 4.94. The lowest BCUT2D eigenvalue weighted by Crippen LogP contribution is -2.25. The lowest BCUT2D eigenvalue weighted by atomic mass is 10.2. The molecule has 0 radical (unpaired) electrons. The highest BCUT2D eigenvalue weighted by molar-refractivity contribution is 5.85. The molecule has 1 aliphatic heterocycles. The number of carbonyl (C=O) groups is 1. The van der Waals surface area contributed by atoms with Crippen LogP contribution in [0.3, 0.4) is 0 Å². The van der Waals surface area contributed by atoms with Crippen LogP contribution in [0.4, 0.5) is 0 Å². The topological polar surface area (TPSA) is 93.8 Å². The van der Waals surface area contributed by atoms with Gasteiger partial charge in [0.2, 0.25) is 5.91 Å². The Morgan fingerprint density at radius 3 is 3.03 bits per heavy atom. The van der Waals surface area contributed by atoms with Gasteiger partial charge in [-0.2, -0.15) is 5.10 Å². The molecule has 3 heterocycles. The molecular weight excluding hydrogens is 392 g/mol. The number of amides is 1. The quantitative estimate of drug-likeness (QED) is 0.636. The summed E-state index contributed by atoms with van der Waals surface area (Å²) < 4.78 is 3.58. The first kappa shape index (κ1) is 21.0. The molecule has 9 heteroatoms. The van der Waals surface area contributed by atoms with Gasteiger partial charge in [-0.1, -0.05) is 12.1 Å². The minimum Gasteiger partial charge on any atom is -0.350 e. The second kappa shape index (κ2) is 9.67. The second-order valence-electron chi connectivity index (χ2n) is 7.02. The van der Waals surface area contributed by atoms with Crippen molar-refractivity contribution in [1.82, 2.24) is 30.0 Å². The van der Waals surface area contributed by atoms with E-state index in [9.17, 15) is 9.59 Å². The van der Waals surface area contributed by atoms with Crippen LogP contribution < -0.4 is 16.2 Å². The summed E-state index contributed by atoms with van der Waals surface area (Å²) in [6.07, 6.45) is 3.54. The summed E-state index contributed by atoms with van der Waals surface area (Å²) >= 11 is 0. The van der Waals surface area contributed by atoms with Gasteiger partial charge in [0.25, 0.3) is 5.56 Å². The van der Waals surface area contributed by atoms with Crippen LogP contribution in [0.1, 0.15) is 30.7 Å². The Morgan fingerprint density at radius 1 is 1.28 bits per heavy atom. The molecule has 2 N–H and O–H groups in total. The minimum absolute atomic E-state index is 0. The van der Waals surface area contributed by atoms with Crippen LogP contribution in [0, 0.1) is 0 Å². The zero-order chi connectivity index (χ0) is 19.3. The van der Waals surface area contributed by atoms with Crippen molar-refractivity contribution in [3.05, 3.63) is 58.4 Å². The summed E-state index contributed by atoms with van der Waals surface area (Å²) in [5.74, 6) is -0.0388. The van der Waals surface area contributed by atoms with Crippen molar-refractivity contribution in [2.45, 2.75) is 45.4 Å². The van der Waals surface area contributed by atoms with Crippen molar-refractivity contribution in [2.24, 2.45) is 0 Å². The molecule has 3 aromatic rings. The van der Waals surface area contributed by atoms with Crippen LogP contribution >= 0.6 is 12.4 Å². The van der Waals surface area contributed by atoms with E-state index in [0.29, 0.717) is 36.8 Å². The smallest absolute Gasteiger partial charge is 0.261 e. The van der Waals surface area contributed by atoms with E-state index in [0.717, 1.165) is 37.4 Å². The average molecular weight is 417 g/mol. The molecule has 0 atom stereocenters. The number of aromatic nitrogens is 4. The molecule has 0 saturated carbocycles. The number of hydrogen-bond donors (Lipinski definition) is 2. The molecule has 0 fully saturated rings. The first-order valence-corrected chi connectivity index (χ1v) is 9.68. The molecular formula is C20H25ClN6O2. The summed E-state index contributed by atoms with van der Waals surface area (Å²) in [4.78, 5) is 28.9. The summed E-state index contributed by atoms with van der Waals surface area (Å²) in [7, 11) is 0. The predicted molar refractivity (Wildman–Crippen MR) is 113 cm³/mol. The molecule has 1 amide bonds. The second-order valence-corrected chi connectivity index (χ2v) is 7.02. The van der Waals surface area contributed by atoms with Crippen LogP contribution in [0.2, 0.25) is 0 Å². The first-order valence-electron chi connectivity index (χ1n) is 9.68. The molecule has 0 bridgehead atoms. The molecule has 29 heavy (non-hydrogen) atoms. The van der Waals surface area contributed by atoms with Gasteiger partial charge in [0, 0.05) is 26.1 Å². The molecule has 0 aliphatic carbocycles. The lowest BCUT2D eigenvalue weighted by Gasteiger charge is -2.07. The van der Waals surface area contributed by atoms with Gasteiger partial charge >= 0.3 is 0 Å². The van der Waals surface area contributed by atoms with Gasteiger partial charge in [-0.15, -0.1) is 12.4 Å². The van der Waals surface area contributed by atoms with Gasteiger partial charge in [-0.25, -0.2) is 4.98 Å². The van der Waals surface area contributed by atoms with Crippen molar-refractivity contribution in [2.75, 3.05) is 6.54 Å². The molecule has 0 spiro atoms. The first-order chi connectivity index (χ1) is 13.7. The fourth-order valence-electron chi connectivity index (χ4n) is 3.46. The van der Waals surface area contributed by atoms with Gasteiger partial charge in [-0.3, -0.25) is 18.8 Å². The Kier molecular flexibility index (Phi) is 7.00. The Labute approximate surface area is 174 Å². The number of carbonyl (C=O) groups excluding carboxylic acids is 1. The third-order valence-corrected chi connectivity index (χ3v) is 4.94. The van der Waals surface area contributed by atoms with Crippen molar-refractivity contribution in [3.8, 4) is 0 Å². The van der Waals surface area contributed by atoms with Crippen LogP contribution in [-0.2, 0) is 31.0 Å². The number of nitrogens with zero attached hydrogens (tertiary/aromatic N) is 4. The summed E-state index contributed by atoms with van der Waals surface area (Å²) in [5.41, 5.74) is 2.65. The average Bonchev–Trinajstić information content (AvgIpc) is 2.97. The highest BCUT2D eigenvalue weighted by atomic mass is 35.5. The largest absolute Gasteiger partial charge is 0.350 e. The Balaban J connectivity index is 0.00000240. The number of aryl methyl sites for hydroxylation is 2. The summed E-state index contributed by atoms with van der Waals surface area (Å²) in [6.45, 7) is 3.62. The van der Waals surface area contributed by atoms with Crippen molar-refractivity contribution < 1.29 is 4.79 Å². The monoisotopic (exact) mass is 416 g/mol. The number of rotatable bonds is 6. The molecule has 1 aromatic carbocycles. The standard InChI is InChI=1S/C20H24N6O2.ClH/c27-19(22-12-15-11-16-13-21-8-4-10-26(16)24-15)7-3-9-25-14-23-18-6-2-1-5-17(18)20(25)28;/h1-2,5-6,11,14,21H,3-4,7-10,12-13H2,(H,22,27);1H. The van der Waals surface area contributed by atoms with Crippen LogP contribution in [-0.4, -0.2) is 31.8 Å². The molecule has 0 unspecified atom stereocenters. The normalized spacial score (nSPS) is 13.4. The van der Waals surface area contributed by atoms with E-state index >= 15 is 0 Å². The fourth-order valence-corrected chi connectivity index (χ4v) is 3.46. The Morgan fingerprint density at radius 2 is 2.14 bits per heavy atom. The predicted octanol–water partition coefficient (Wildman–Crippen LogP) is 1.60. The van der Waals surface area contributed by atoms with Gasteiger partial charge in [0.1, 0.15) is 0 Å². The maximum absolute atomic E-state index is 12.4.